The van der Waals surface area contributed by atoms with E-state index < -0.39 is 0 Å². The molecule has 0 aliphatic carbocycles. The van der Waals surface area contributed by atoms with Crippen LogP contribution >= 0.6 is 0 Å². The summed E-state index contributed by atoms with van der Waals surface area (Å²) in [6.45, 7) is 1.86. The van der Waals surface area contributed by atoms with E-state index in [1.165, 1.54) is 0 Å². The van der Waals surface area contributed by atoms with Gasteiger partial charge in [-0.2, -0.15) is 0 Å². The molecule has 4 nitrogen and oxygen atoms in total. The summed E-state index contributed by atoms with van der Waals surface area (Å²) in [4.78, 5) is 10.6. The van der Waals surface area contributed by atoms with Crippen molar-refractivity contribution in [1.29, 1.82) is 0 Å². The highest BCUT2D eigenvalue weighted by atomic mass is 16.4. The predicted octanol–water partition coefficient (Wildman–Crippen LogP) is 0.532. The van der Waals surface area contributed by atoms with E-state index in [1.807, 2.05) is 19.1 Å². The fourth-order valence-electron chi connectivity index (χ4n) is 0.849. The Bertz CT molecular complexity index is 274. The molecule has 80 valence electrons. The number of carbonyl (C=O) groups is 1. The Kier molecular flexibility index (Phi) is 8.86. The van der Waals surface area contributed by atoms with Gasteiger partial charge in [-0.05, 0) is 18.6 Å². The zero-order chi connectivity index (χ0) is 10.3. The lowest BCUT2D eigenvalue weighted by Gasteiger charge is -1.97. The van der Waals surface area contributed by atoms with Gasteiger partial charge in [-0.3, -0.25) is 4.79 Å². The van der Waals surface area contributed by atoms with Crippen LogP contribution in [0.25, 0.3) is 0 Å². The first kappa shape index (κ1) is 15.1. The van der Waals surface area contributed by atoms with Crippen LogP contribution in [0.4, 0.5) is 0 Å². The van der Waals surface area contributed by atoms with E-state index in [2.05, 4.69) is 4.74 Å². The van der Waals surface area contributed by atoms with Gasteiger partial charge in [0.1, 0.15) is 0 Å². The lowest BCUT2D eigenvalue weighted by atomic mass is 10.1. The van der Waals surface area contributed by atoms with Crippen LogP contribution in [0.5, 0.6) is 0 Å². The molecular formula is C10H17NO3. The van der Waals surface area contributed by atoms with Gasteiger partial charge in [0.05, 0.1) is 0 Å². The van der Waals surface area contributed by atoms with Gasteiger partial charge in [-0.1, -0.05) is 18.2 Å². The van der Waals surface area contributed by atoms with E-state index in [9.17, 15) is 4.79 Å². The van der Waals surface area contributed by atoms with Gasteiger partial charge < -0.3 is 15.9 Å². The maximum absolute atomic E-state index is 10.6. The lowest BCUT2D eigenvalue weighted by Crippen LogP contribution is -2.12. The Morgan fingerprint density at radius 2 is 1.71 bits per heavy atom. The van der Waals surface area contributed by atoms with Crippen LogP contribution in [0, 0.1) is 6.92 Å². The second-order valence-corrected chi connectivity index (χ2v) is 2.59. The minimum atomic E-state index is -0.363. The van der Waals surface area contributed by atoms with Crippen molar-refractivity contribution in [1.82, 2.24) is 0 Å². The van der Waals surface area contributed by atoms with Crippen molar-refractivity contribution >= 4 is 5.91 Å². The molecule has 1 rings (SSSR count). The van der Waals surface area contributed by atoms with E-state index in [4.69, 9.17) is 5.73 Å². The summed E-state index contributed by atoms with van der Waals surface area (Å²) < 4.78 is 4.25. The molecule has 14 heavy (non-hydrogen) atoms. The second kappa shape index (κ2) is 8.22. The van der Waals surface area contributed by atoms with Gasteiger partial charge in [0.2, 0.25) is 5.91 Å². The van der Waals surface area contributed by atoms with Crippen molar-refractivity contribution in [3.63, 3.8) is 0 Å². The van der Waals surface area contributed by atoms with Crippen molar-refractivity contribution in [2.24, 2.45) is 5.73 Å². The first-order chi connectivity index (χ1) is 6.13. The number of rotatable bonds is 1. The molecule has 0 atom stereocenters. The Morgan fingerprint density at radius 1 is 1.29 bits per heavy atom. The summed E-state index contributed by atoms with van der Waals surface area (Å²) in [7, 11) is 3.25. The molecule has 0 saturated carbocycles. The molecule has 0 unspecified atom stereocenters. The molecule has 0 spiro atoms. The van der Waals surface area contributed by atoms with E-state index in [1.54, 1.807) is 26.4 Å². The summed E-state index contributed by atoms with van der Waals surface area (Å²) in [5, 5.41) is 0. The maximum Gasteiger partial charge on any atom is 0.248 e. The monoisotopic (exact) mass is 199 g/mol. The van der Waals surface area contributed by atoms with Crippen molar-refractivity contribution in [3.8, 4) is 0 Å². The molecule has 0 aromatic heterocycles. The van der Waals surface area contributed by atoms with Crippen LogP contribution in [-0.4, -0.2) is 25.6 Å². The van der Waals surface area contributed by atoms with E-state index in [0.29, 0.717) is 5.56 Å². The normalized spacial score (nSPS) is 7.93. The van der Waals surface area contributed by atoms with E-state index in [0.717, 1.165) is 5.56 Å². The van der Waals surface area contributed by atoms with Gasteiger partial charge in [-0.25, -0.2) is 0 Å². The first-order valence-electron chi connectivity index (χ1n) is 3.89. The Balaban J connectivity index is 0. The maximum atomic E-state index is 10.6. The van der Waals surface area contributed by atoms with Gasteiger partial charge >= 0.3 is 0 Å². The number of aryl methyl sites for hydroxylation is 1. The Hall–Kier alpha value is -1.39. The Morgan fingerprint density at radius 3 is 2.00 bits per heavy atom. The molecule has 0 aliphatic rings. The van der Waals surface area contributed by atoms with Crippen LogP contribution < -0.4 is 5.73 Å². The fourth-order valence-corrected chi connectivity index (χ4v) is 0.849. The van der Waals surface area contributed by atoms with Crippen LogP contribution in [0.1, 0.15) is 15.9 Å². The molecule has 4 heteroatoms. The van der Waals surface area contributed by atoms with Gasteiger partial charge in [0, 0.05) is 19.8 Å². The van der Waals surface area contributed by atoms with Gasteiger partial charge in [-0.15, -0.1) is 0 Å². The molecule has 0 heterocycles. The average molecular weight is 199 g/mol. The molecule has 1 aromatic carbocycles. The average Bonchev–Trinajstić information content (AvgIpc) is 2.06. The quantitative estimate of drug-likeness (QED) is 0.715. The summed E-state index contributed by atoms with van der Waals surface area (Å²) in [6, 6.07) is 7.26. The van der Waals surface area contributed by atoms with Gasteiger partial charge in [0.15, 0.2) is 0 Å². The van der Waals surface area contributed by atoms with E-state index >= 15 is 0 Å². The minimum absolute atomic E-state index is 0. The zero-order valence-electron chi connectivity index (χ0n) is 8.70. The van der Waals surface area contributed by atoms with Crippen LogP contribution in [0.2, 0.25) is 0 Å². The number of primary amides is 1. The predicted molar refractivity (Wildman–Crippen MR) is 56.2 cm³/mol. The summed E-state index contributed by atoms with van der Waals surface area (Å²) in [6.07, 6.45) is 0. The Labute approximate surface area is 84.0 Å². The summed E-state index contributed by atoms with van der Waals surface area (Å²) >= 11 is 0. The molecule has 0 radical (unpaired) electrons. The van der Waals surface area contributed by atoms with Crippen LogP contribution in [0.3, 0.4) is 0 Å². The van der Waals surface area contributed by atoms with E-state index in [-0.39, 0.29) is 11.4 Å². The molecule has 0 fully saturated rings. The SMILES string of the molecule is COC.Cc1ccccc1C(N)=O.O. The van der Waals surface area contributed by atoms with Crippen molar-refractivity contribution in [3.05, 3.63) is 35.4 Å². The highest BCUT2D eigenvalue weighted by molar-refractivity contribution is 5.94. The van der Waals surface area contributed by atoms with Crippen molar-refractivity contribution < 1.29 is 15.0 Å². The highest BCUT2D eigenvalue weighted by Crippen LogP contribution is 2.04. The smallest absolute Gasteiger partial charge is 0.248 e. The minimum Gasteiger partial charge on any atom is -0.412 e. The number of nitrogens with two attached hydrogens (primary N) is 1. The molecular weight excluding hydrogens is 182 g/mol. The second-order valence-electron chi connectivity index (χ2n) is 2.59. The standard InChI is InChI=1S/C8H9NO.C2H6O.H2O/c1-6-4-2-3-5-7(6)8(9)10;1-3-2;/h2-5H,1H3,(H2,9,10);1-2H3;1H2. The number of ether oxygens (including phenoxy) is 1. The van der Waals surface area contributed by atoms with Crippen molar-refractivity contribution in [2.75, 3.05) is 14.2 Å². The summed E-state index contributed by atoms with van der Waals surface area (Å²) in [5.41, 5.74) is 6.60. The highest BCUT2D eigenvalue weighted by Gasteiger charge is 2.00. The number of hydrogen-bond acceptors (Lipinski definition) is 2. The van der Waals surface area contributed by atoms with Gasteiger partial charge in [0.25, 0.3) is 0 Å². The first-order valence-corrected chi connectivity index (χ1v) is 3.89. The zero-order valence-corrected chi connectivity index (χ0v) is 8.70. The van der Waals surface area contributed by atoms with Crippen molar-refractivity contribution in [2.45, 2.75) is 6.92 Å². The number of amides is 1. The lowest BCUT2D eigenvalue weighted by molar-refractivity contribution is 0.0999. The fraction of sp³-hybridized carbons (Fsp3) is 0.300. The molecule has 0 aliphatic heterocycles. The van der Waals surface area contributed by atoms with Crippen LogP contribution in [0.15, 0.2) is 24.3 Å². The number of benzene rings is 1. The molecule has 1 aromatic rings. The third-order valence-electron chi connectivity index (χ3n) is 1.41. The molecule has 0 bridgehead atoms. The third kappa shape index (κ3) is 5.29. The summed E-state index contributed by atoms with van der Waals surface area (Å²) in [5.74, 6) is -0.363. The van der Waals surface area contributed by atoms with Crippen LogP contribution in [-0.2, 0) is 4.74 Å². The molecule has 4 N–H and O–H groups in total. The number of hydrogen-bond donors (Lipinski definition) is 1. The number of carbonyl (C=O) groups excluding carboxylic acids is 1. The molecule has 1 amide bonds. The third-order valence-corrected chi connectivity index (χ3v) is 1.41. The topological polar surface area (TPSA) is 83.8 Å². The molecule has 0 saturated heterocycles. The number of methoxy groups -OCH3 is 1. The largest absolute Gasteiger partial charge is 0.412 e.